The molecule has 0 saturated heterocycles. The number of carbonyl (C=O) groups excluding carboxylic acids is 1. The molecule has 1 atom stereocenters. The number of hydrogen-bond acceptors (Lipinski definition) is 3. The maximum absolute atomic E-state index is 10.8. The molecule has 0 heterocycles. The standard InChI is InChI=1S/C10H13NO2S/c1-8(2)14(13,7-12)10-5-3-9(11)4-6-10/h3-6,13H,11H2,1-2H3. The van der Waals surface area contributed by atoms with Gasteiger partial charge in [0.2, 0.25) is 0 Å². The minimum Gasteiger partial charge on any atom is -0.399 e. The van der Waals surface area contributed by atoms with Gasteiger partial charge in [0, 0.05) is 20.1 Å². The molecule has 3 N–H and O–H groups in total. The predicted octanol–water partition coefficient (Wildman–Crippen LogP) is 2.18. The van der Waals surface area contributed by atoms with Crippen molar-refractivity contribution in [3.8, 4) is 0 Å². The van der Waals surface area contributed by atoms with Gasteiger partial charge in [0.15, 0.2) is 5.23 Å². The Balaban J connectivity index is 3.54. The third-order valence-electron chi connectivity index (χ3n) is 1.93. The van der Waals surface area contributed by atoms with Gasteiger partial charge in [0.25, 0.3) is 0 Å². The van der Waals surface area contributed by atoms with Crippen molar-refractivity contribution in [2.75, 3.05) is 5.73 Å². The molecule has 14 heavy (non-hydrogen) atoms. The minimum atomic E-state index is -2.53. The lowest BCUT2D eigenvalue weighted by Crippen LogP contribution is -1.92. The Morgan fingerprint density at radius 3 is 2.21 bits per heavy atom. The fourth-order valence-electron chi connectivity index (χ4n) is 1.03. The molecule has 0 fully saturated rings. The maximum Gasteiger partial charge on any atom is 0.179 e. The summed E-state index contributed by atoms with van der Waals surface area (Å²) in [6, 6.07) is 6.63. The molecule has 0 spiro atoms. The molecule has 0 aliphatic carbocycles. The second-order valence-corrected chi connectivity index (χ2v) is 5.76. The lowest BCUT2D eigenvalue weighted by molar-refractivity contribution is 0.568. The number of benzene rings is 1. The number of nitrogen functional groups attached to an aromatic ring is 1. The van der Waals surface area contributed by atoms with Crippen LogP contribution in [0.1, 0.15) is 13.8 Å². The van der Waals surface area contributed by atoms with Gasteiger partial charge in [0.1, 0.15) is 0 Å². The van der Waals surface area contributed by atoms with Gasteiger partial charge in [-0.3, -0.25) is 0 Å². The Morgan fingerprint density at radius 2 is 1.86 bits per heavy atom. The predicted molar refractivity (Wildman–Crippen MR) is 61.4 cm³/mol. The minimum absolute atomic E-state index is 0.571. The van der Waals surface area contributed by atoms with Crippen molar-refractivity contribution in [3.05, 3.63) is 24.3 Å². The third-order valence-corrected chi connectivity index (χ3v) is 4.31. The van der Waals surface area contributed by atoms with Crippen LogP contribution in [0.15, 0.2) is 29.2 Å². The number of hydrogen-bond donors (Lipinski definition) is 2. The zero-order valence-corrected chi connectivity index (χ0v) is 8.97. The molecule has 76 valence electrons. The molecular weight excluding hydrogens is 198 g/mol. The van der Waals surface area contributed by atoms with Crippen molar-refractivity contribution in [3.63, 3.8) is 0 Å². The normalized spacial score (nSPS) is 14.2. The van der Waals surface area contributed by atoms with E-state index < -0.39 is 9.49 Å². The van der Waals surface area contributed by atoms with Crippen molar-refractivity contribution in [1.82, 2.24) is 0 Å². The number of nitrogens with two attached hydrogens (primary N) is 1. The number of anilines is 1. The van der Waals surface area contributed by atoms with Gasteiger partial charge in [-0.15, -0.1) is 0 Å². The third kappa shape index (κ3) is 1.82. The Kier molecular flexibility index (Phi) is 3.01. The molecule has 0 radical (unpaired) electrons. The van der Waals surface area contributed by atoms with E-state index in [1.54, 1.807) is 43.3 Å². The van der Waals surface area contributed by atoms with Crippen LogP contribution in [0.25, 0.3) is 0 Å². The summed E-state index contributed by atoms with van der Waals surface area (Å²) in [4.78, 5) is 12.0. The molecular formula is C10H13NO2S. The second kappa shape index (κ2) is 3.88. The molecule has 1 aromatic carbocycles. The first-order valence-electron chi connectivity index (χ1n) is 4.11. The fraction of sp³-hybridized carbons (Fsp3) is 0.200. The first kappa shape index (κ1) is 10.9. The van der Waals surface area contributed by atoms with E-state index in [2.05, 4.69) is 0 Å². The monoisotopic (exact) mass is 211 g/mol. The average Bonchev–Trinajstić information content (AvgIpc) is 2.17. The molecule has 0 aromatic heterocycles. The highest BCUT2D eigenvalue weighted by Crippen LogP contribution is 2.32. The van der Waals surface area contributed by atoms with Gasteiger partial charge in [-0.25, -0.2) is 4.79 Å². The van der Waals surface area contributed by atoms with Gasteiger partial charge >= 0.3 is 0 Å². The van der Waals surface area contributed by atoms with Gasteiger partial charge < -0.3 is 10.3 Å². The highest BCUT2D eigenvalue weighted by molar-refractivity contribution is 8.25. The smallest absolute Gasteiger partial charge is 0.179 e. The summed E-state index contributed by atoms with van der Waals surface area (Å²) in [5.41, 5.74) is 6.12. The molecule has 0 aliphatic heterocycles. The van der Waals surface area contributed by atoms with Crippen LogP contribution in [0.5, 0.6) is 0 Å². The average molecular weight is 211 g/mol. The fourth-order valence-corrected chi connectivity index (χ4v) is 2.30. The zero-order chi connectivity index (χ0) is 10.8. The maximum atomic E-state index is 10.8. The van der Waals surface area contributed by atoms with Gasteiger partial charge in [-0.2, -0.15) is 0 Å². The Hall–Kier alpha value is -1.22. The topological polar surface area (TPSA) is 63.3 Å². The lowest BCUT2D eigenvalue weighted by atomic mass is 10.3. The van der Waals surface area contributed by atoms with E-state index >= 15 is 0 Å². The summed E-state index contributed by atoms with van der Waals surface area (Å²) in [7, 11) is -2.53. The molecule has 1 unspecified atom stereocenters. The lowest BCUT2D eigenvalue weighted by Gasteiger charge is -2.09. The van der Waals surface area contributed by atoms with Crippen LogP contribution in [-0.2, 0) is 4.79 Å². The summed E-state index contributed by atoms with van der Waals surface area (Å²) < 4.78 is 10.0. The van der Waals surface area contributed by atoms with Crippen molar-refractivity contribution in [2.45, 2.75) is 18.7 Å². The van der Waals surface area contributed by atoms with Crippen LogP contribution in [0, 0.1) is 0 Å². The van der Waals surface area contributed by atoms with Gasteiger partial charge in [-0.1, -0.05) is 0 Å². The molecule has 0 aliphatic rings. The molecule has 3 nitrogen and oxygen atoms in total. The van der Waals surface area contributed by atoms with Crippen LogP contribution in [0.4, 0.5) is 5.69 Å². The molecule has 0 amide bonds. The molecule has 1 aromatic rings. The largest absolute Gasteiger partial charge is 0.399 e. The summed E-state index contributed by atoms with van der Waals surface area (Å²) in [6.45, 7) is 3.44. The Bertz CT molecular complexity index is 471. The van der Waals surface area contributed by atoms with E-state index in [0.29, 0.717) is 15.4 Å². The quantitative estimate of drug-likeness (QED) is 0.553. The zero-order valence-electron chi connectivity index (χ0n) is 8.15. The molecule has 0 bridgehead atoms. The molecule has 1 rings (SSSR count). The van der Waals surface area contributed by atoms with E-state index in [1.165, 1.54) is 0 Å². The van der Waals surface area contributed by atoms with Gasteiger partial charge in [0.05, 0.1) is 0 Å². The van der Waals surface area contributed by atoms with Crippen LogP contribution in [0.2, 0.25) is 0 Å². The van der Waals surface area contributed by atoms with Crippen molar-refractivity contribution in [1.29, 1.82) is 0 Å². The molecule has 0 saturated carbocycles. The van der Waals surface area contributed by atoms with Crippen LogP contribution in [-0.4, -0.2) is 14.7 Å². The van der Waals surface area contributed by atoms with Crippen LogP contribution in [0.3, 0.4) is 0 Å². The van der Waals surface area contributed by atoms with E-state index in [0.717, 1.165) is 0 Å². The summed E-state index contributed by atoms with van der Waals surface area (Å²) in [5.74, 6) is 0. The van der Waals surface area contributed by atoms with E-state index in [9.17, 15) is 9.35 Å². The summed E-state index contributed by atoms with van der Waals surface area (Å²) >= 11 is 0. The van der Waals surface area contributed by atoms with E-state index in [-0.39, 0.29) is 0 Å². The summed E-state index contributed by atoms with van der Waals surface area (Å²) in [5, 5.41) is 1.72. The first-order valence-corrected chi connectivity index (χ1v) is 5.70. The van der Waals surface area contributed by atoms with Crippen LogP contribution >= 0.6 is 9.49 Å². The molecule has 4 heteroatoms. The Labute approximate surface area is 83.9 Å². The van der Waals surface area contributed by atoms with E-state index in [1.807, 2.05) is 0 Å². The highest BCUT2D eigenvalue weighted by Gasteiger charge is 2.05. The highest BCUT2D eigenvalue weighted by atomic mass is 32.2. The van der Waals surface area contributed by atoms with Crippen molar-refractivity contribution >= 4 is 25.3 Å². The SMILES string of the molecule is CC(C)=S(O)(=C=O)c1ccc(N)cc1. The Morgan fingerprint density at radius 1 is 1.36 bits per heavy atom. The second-order valence-electron chi connectivity index (χ2n) is 3.14. The summed E-state index contributed by atoms with van der Waals surface area (Å²) in [6.07, 6.45) is 0. The first-order chi connectivity index (χ1) is 6.50. The van der Waals surface area contributed by atoms with Crippen molar-refractivity contribution < 1.29 is 9.35 Å². The van der Waals surface area contributed by atoms with Gasteiger partial charge in [-0.05, 0) is 43.0 Å². The van der Waals surface area contributed by atoms with Crippen molar-refractivity contribution in [2.24, 2.45) is 0 Å². The van der Waals surface area contributed by atoms with Crippen LogP contribution < -0.4 is 5.73 Å². The van der Waals surface area contributed by atoms with E-state index in [4.69, 9.17) is 5.73 Å². The number of rotatable bonds is 1.